The molecule has 1 aliphatic heterocycles. The van der Waals surface area contributed by atoms with Gasteiger partial charge in [-0.1, -0.05) is 24.3 Å². The van der Waals surface area contributed by atoms with Crippen LogP contribution in [0.25, 0.3) is 0 Å². The number of benzene rings is 2. The van der Waals surface area contributed by atoms with E-state index < -0.39 is 0 Å². The van der Waals surface area contributed by atoms with Crippen molar-refractivity contribution in [2.24, 2.45) is 0 Å². The third-order valence-electron chi connectivity index (χ3n) is 3.86. The molecule has 0 unspecified atom stereocenters. The van der Waals surface area contributed by atoms with E-state index in [-0.39, 0.29) is 11.3 Å². The van der Waals surface area contributed by atoms with E-state index in [1.807, 2.05) is 24.3 Å². The van der Waals surface area contributed by atoms with E-state index >= 15 is 0 Å². The van der Waals surface area contributed by atoms with Crippen LogP contribution >= 0.6 is 46.0 Å². The molecule has 0 bridgehead atoms. The van der Waals surface area contributed by atoms with Gasteiger partial charge in [-0.15, -0.1) is 11.8 Å². The molecule has 1 saturated heterocycles. The monoisotopic (exact) mass is 501 g/mol. The molecule has 26 heavy (non-hydrogen) atoms. The number of carbonyl (C=O) groups is 1. The summed E-state index contributed by atoms with van der Waals surface area (Å²) in [6.45, 7) is 4.08. The lowest BCUT2D eigenvalue weighted by molar-refractivity contribution is -0.115. The van der Waals surface area contributed by atoms with E-state index in [1.165, 1.54) is 0 Å². The summed E-state index contributed by atoms with van der Waals surface area (Å²) >= 11 is 9.79. The fourth-order valence-corrected chi connectivity index (χ4v) is 4.78. The molecule has 1 aliphatic rings. The van der Waals surface area contributed by atoms with E-state index in [2.05, 4.69) is 29.2 Å². The zero-order valence-corrected chi connectivity index (χ0v) is 17.8. The molecule has 136 valence electrons. The predicted octanol–water partition coefficient (Wildman–Crippen LogP) is 5.30. The predicted molar refractivity (Wildman–Crippen MR) is 116 cm³/mol. The molecule has 1 heterocycles. The molecule has 2 aromatic rings. The van der Waals surface area contributed by atoms with Crippen molar-refractivity contribution in [2.45, 2.75) is 5.37 Å². The number of rotatable bonds is 6. The van der Waals surface area contributed by atoms with Gasteiger partial charge in [0.1, 0.15) is 12.0 Å². The zero-order valence-electron chi connectivity index (χ0n) is 14.1. The van der Waals surface area contributed by atoms with Crippen LogP contribution in [0.4, 0.5) is 5.69 Å². The summed E-state index contributed by atoms with van der Waals surface area (Å²) in [4.78, 5) is 14.3. The topological polar surface area (TPSA) is 38.8 Å². The van der Waals surface area contributed by atoms with Gasteiger partial charge in [0.25, 0.3) is 0 Å². The van der Waals surface area contributed by atoms with Crippen LogP contribution in [0.3, 0.4) is 0 Å². The molecule has 4 nitrogen and oxygen atoms in total. The van der Waals surface area contributed by atoms with Gasteiger partial charge in [-0.05, 0) is 64.6 Å². The standard InChI is InChI=1S/C19H17ClINO3S/c1-3-8-25-18-15(21)9-12(10-16(18)24-2)19-22(17(23)11-26-19)14-6-4-13(20)5-7-14/h3-7,9-10,19H,1,8,11H2,2H3/t19-/m0/s1. The lowest BCUT2D eigenvalue weighted by Gasteiger charge is -2.25. The number of nitrogens with zero attached hydrogens (tertiary/aromatic N) is 1. The summed E-state index contributed by atoms with van der Waals surface area (Å²) in [5, 5.41) is 0.518. The number of hydrogen-bond acceptors (Lipinski definition) is 4. The van der Waals surface area contributed by atoms with Crippen molar-refractivity contribution in [3.63, 3.8) is 0 Å². The maximum atomic E-state index is 12.5. The molecule has 0 radical (unpaired) electrons. The fraction of sp³-hybridized carbons (Fsp3) is 0.211. The Morgan fingerprint density at radius 3 is 2.77 bits per heavy atom. The Hall–Kier alpha value is -1.38. The molecule has 1 fully saturated rings. The quantitative estimate of drug-likeness (QED) is 0.398. The number of carbonyl (C=O) groups excluding carboxylic acids is 1. The normalized spacial score (nSPS) is 16.7. The third kappa shape index (κ3) is 3.97. The summed E-state index contributed by atoms with van der Waals surface area (Å²) in [7, 11) is 1.61. The van der Waals surface area contributed by atoms with Gasteiger partial charge >= 0.3 is 0 Å². The molecule has 3 rings (SSSR count). The van der Waals surface area contributed by atoms with Gasteiger partial charge in [-0.3, -0.25) is 9.69 Å². The van der Waals surface area contributed by atoms with E-state index in [9.17, 15) is 4.79 Å². The second kappa shape index (κ2) is 8.54. The molecule has 2 aromatic carbocycles. The number of hydrogen-bond donors (Lipinski definition) is 0. The molecule has 1 atom stereocenters. The van der Waals surface area contributed by atoms with E-state index in [1.54, 1.807) is 42.0 Å². The first-order valence-electron chi connectivity index (χ1n) is 7.85. The van der Waals surface area contributed by atoms with Gasteiger partial charge in [-0.25, -0.2) is 0 Å². The van der Waals surface area contributed by atoms with Crippen LogP contribution in [0.15, 0.2) is 49.1 Å². The summed E-state index contributed by atoms with van der Waals surface area (Å²) in [6, 6.07) is 11.3. The molecule has 0 aromatic heterocycles. The van der Waals surface area contributed by atoms with Crippen molar-refractivity contribution in [3.8, 4) is 11.5 Å². The molecule has 0 spiro atoms. The molecule has 0 saturated carbocycles. The first-order valence-corrected chi connectivity index (χ1v) is 10.4. The first-order chi connectivity index (χ1) is 12.5. The highest BCUT2D eigenvalue weighted by Crippen LogP contribution is 2.45. The second-order valence-electron chi connectivity index (χ2n) is 5.54. The summed E-state index contributed by atoms with van der Waals surface area (Å²) in [5.41, 5.74) is 1.82. The lowest BCUT2D eigenvalue weighted by atomic mass is 10.1. The second-order valence-corrected chi connectivity index (χ2v) is 8.20. The molecule has 7 heteroatoms. The lowest BCUT2D eigenvalue weighted by Crippen LogP contribution is -2.27. The number of anilines is 1. The summed E-state index contributed by atoms with van der Waals surface area (Å²) in [6.07, 6.45) is 1.69. The Kier molecular flexibility index (Phi) is 6.37. The van der Waals surface area contributed by atoms with Crippen LogP contribution < -0.4 is 14.4 Å². The minimum absolute atomic E-state index is 0.0725. The Balaban J connectivity index is 1.98. The van der Waals surface area contributed by atoms with Crippen LogP contribution in [0.1, 0.15) is 10.9 Å². The van der Waals surface area contributed by atoms with E-state index in [0.29, 0.717) is 28.9 Å². The minimum Gasteiger partial charge on any atom is -0.493 e. The maximum Gasteiger partial charge on any atom is 0.238 e. The third-order valence-corrected chi connectivity index (χ3v) is 6.12. The SMILES string of the molecule is C=CCOc1c(I)cc([C@@H]2SCC(=O)N2c2ccc(Cl)cc2)cc1OC. The van der Waals surface area contributed by atoms with Gasteiger partial charge in [0.2, 0.25) is 5.91 Å². The van der Waals surface area contributed by atoms with Gasteiger partial charge in [0.05, 0.1) is 16.4 Å². The van der Waals surface area contributed by atoms with Crippen molar-refractivity contribution < 1.29 is 14.3 Å². The summed E-state index contributed by atoms with van der Waals surface area (Å²) in [5.74, 6) is 1.83. The largest absolute Gasteiger partial charge is 0.493 e. The highest BCUT2D eigenvalue weighted by Gasteiger charge is 2.35. The number of ether oxygens (including phenoxy) is 2. The summed E-state index contributed by atoms with van der Waals surface area (Å²) < 4.78 is 12.2. The smallest absolute Gasteiger partial charge is 0.238 e. The van der Waals surface area contributed by atoms with Crippen LogP contribution in [-0.4, -0.2) is 25.4 Å². The van der Waals surface area contributed by atoms with Crippen LogP contribution in [0, 0.1) is 3.57 Å². The zero-order chi connectivity index (χ0) is 18.7. The number of methoxy groups -OCH3 is 1. The average molecular weight is 502 g/mol. The minimum atomic E-state index is -0.125. The molecule has 0 aliphatic carbocycles. The Morgan fingerprint density at radius 2 is 2.12 bits per heavy atom. The van der Waals surface area contributed by atoms with Crippen LogP contribution in [0.2, 0.25) is 5.02 Å². The average Bonchev–Trinajstić information content (AvgIpc) is 3.02. The highest BCUT2D eigenvalue weighted by atomic mass is 127. The Morgan fingerprint density at radius 1 is 1.38 bits per heavy atom. The molecule has 0 N–H and O–H groups in total. The van der Waals surface area contributed by atoms with Gasteiger partial charge in [-0.2, -0.15) is 0 Å². The van der Waals surface area contributed by atoms with Gasteiger partial charge in [0, 0.05) is 10.7 Å². The van der Waals surface area contributed by atoms with Gasteiger partial charge in [0.15, 0.2) is 11.5 Å². The van der Waals surface area contributed by atoms with Crippen LogP contribution in [-0.2, 0) is 4.79 Å². The van der Waals surface area contributed by atoms with E-state index in [0.717, 1.165) is 14.8 Å². The van der Waals surface area contributed by atoms with Crippen molar-refractivity contribution in [3.05, 3.63) is 63.2 Å². The van der Waals surface area contributed by atoms with Crippen molar-refractivity contribution >= 4 is 57.5 Å². The Labute approximate surface area is 175 Å². The fourth-order valence-electron chi connectivity index (χ4n) is 2.72. The van der Waals surface area contributed by atoms with Crippen molar-refractivity contribution in [2.75, 3.05) is 24.4 Å². The first kappa shape index (κ1) is 19.4. The van der Waals surface area contributed by atoms with Gasteiger partial charge < -0.3 is 9.47 Å². The molecular weight excluding hydrogens is 485 g/mol. The maximum absolute atomic E-state index is 12.5. The van der Waals surface area contributed by atoms with E-state index in [4.69, 9.17) is 21.1 Å². The van der Waals surface area contributed by atoms with Crippen molar-refractivity contribution in [1.29, 1.82) is 0 Å². The Bertz CT molecular complexity index is 828. The number of halogens is 2. The number of amides is 1. The van der Waals surface area contributed by atoms with Crippen LogP contribution in [0.5, 0.6) is 11.5 Å². The molecular formula is C19H17ClINO3S. The number of thioether (sulfide) groups is 1. The highest BCUT2D eigenvalue weighted by molar-refractivity contribution is 14.1. The molecule has 1 amide bonds. The van der Waals surface area contributed by atoms with Crippen molar-refractivity contribution in [1.82, 2.24) is 0 Å².